The number of fused-ring (bicyclic) bond motifs is 1. The van der Waals surface area contributed by atoms with Crippen molar-refractivity contribution in [1.82, 2.24) is 10.4 Å². The summed E-state index contributed by atoms with van der Waals surface area (Å²) in [7, 11) is 1.28. The fourth-order valence-corrected chi connectivity index (χ4v) is 3.36. The SMILES string of the molecule is COC(=O)CCC(=O)OSc1nc2ccccc2s1.OCCON(OCCO)OCCO. The Balaban J connectivity index is 0.000000347. The van der Waals surface area contributed by atoms with Gasteiger partial charge in [-0.05, 0) is 12.1 Å². The van der Waals surface area contributed by atoms with Gasteiger partial charge in [0.25, 0.3) is 0 Å². The summed E-state index contributed by atoms with van der Waals surface area (Å²) in [6.45, 7) is -0.505. The number of aromatic nitrogens is 1. The molecule has 1 aromatic carbocycles. The van der Waals surface area contributed by atoms with E-state index in [2.05, 4.69) is 9.72 Å². The lowest BCUT2D eigenvalue weighted by atomic mass is 10.3. The maximum atomic E-state index is 11.4. The number of benzene rings is 1. The molecule has 0 aliphatic heterocycles. The van der Waals surface area contributed by atoms with Crippen LogP contribution in [0.5, 0.6) is 0 Å². The molecule has 1 aromatic heterocycles. The molecule has 2 rings (SSSR count). The summed E-state index contributed by atoms with van der Waals surface area (Å²) in [6.07, 6.45) is 0.0281. The molecule has 0 atom stereocenters. The van der Waals surface area contributed by atoms with Crippen molar-refractivity contribution in [3.8, 4) is 0 Å². The second-order valence-corrected chi connectivity index (χ2v) is 7.47. The maximum Gasteiger partial charge on any atom is 0.318 e. The van der Waals surface area contributed by atoms with E-state index in [1.807, 2.05) is 24.3 Å². The zero-order valence-electron chi connectivity index (χ0n) is 17.4. The molecule has 0 spiro atoms. The Morgan fingerprint density at radius 2 is 1.53 bits per heavy atom. The molecular weight excluding hydrogens is 468 g/mol. The first-order valence-electron chi connectivity index (χ1n) is 9.35. The van der Waals surface area contributed by atoms with E-state index >= 15 is 0 Å². The minimum absolute atomic E-state index is 0.00453. The Morgan fingerprint density at radius 1 is 0.969 bits per heavy atom. The van der Waals surface area contributed by atoms with Crippen LogP contribution in [0.2, 0.25) is 0 Å². The van der Waals surface area contributed by atoms with Gasteiger partial charge >= 0.3 is 11.9 Å². The molecule has 0 aliphatic rings. The minimum atomic E-state index is -0.463. The highest BCUT2D eigenvalue weighted by molar-refractivity contribution is 7.97. The molecule has 32 heavy (non-hydrogen) atoms. The van der Waals surface area contributed by atoms with Crippen molar-refractivity contribution in [1.29, 1.82) is 0 Å². The molecule has 0 fully saturated rings. The minimum Gasteiger partial charge on any atom is -0.469 e. The van der Waals surface area contributed by atoms with Gasteiger partial charge in [-0.1, -0.05) is 12.1 Å². The maximum absolute atomic E-state index is 11.4. The van der Waals surface area contributed by atoms with Gasteiger partial charge in [0, 0.05) is 0 Å². The number of esters is 1. The summed E-state index contributed by atoms with van der Waals surface area (Å²) in [5, 5.41) is 25.9. The zero-order valence-corrected chi connectivity index (χ0v) is 19.0. The molecule has 0 amide bonds. The van der Waals surface area contributed by atoms with Crippen molar-refractivity contribution < 1.29 is 48.3 Å². The van der Waals surface area contributed by atoms with Gasteiger partial charge in [0.1, 0.15) is 12.0 Å². The molecule has 180 valence electrons. The first-order valence-corrected chi connectivity index (χ1v) is 10.9. The third-order valence-electron chi connectivity index (χ3n) is 3.11. The zero-order chi connectivity index (χ0) is 23.6. The van der Waals surface area contributed by atoms with Gasteiger partial charge in [-0.3, -0.25) is 9.59 Å². The van der Waals surface area contributed by atoms with Crippen LogP contribution in [0.3, 0.4) is 0 Å². The van der Waals surface area contributed by atoms with Crippen LogP contribution in [0.4, 0.5) is 0 Å². The van der Waals surface area contributed by atoms with E-state index < -0.39 is 11.9 Å². The van der Waals surface area contributed by atoms with Crippen LogP contribution in [0.15, 0.2) is 28.6 Å². The van der Waals surface area contributed by atoms with E-state index in [9.17, 15) is 9.59 Å². The lowest BCUT2D eigenvalue weighted by Gasteiger charge is -2.17. The van der Waals surface area contributed by atoms with Crippen LogP contribution in [0.1, 0.15) is 12.8 Å². The van der Waals surface area contributed by atoms with Crippen molar-refractivity contribution >= 4 is 45.5 Å². The van der Waals surface area contributed by atoms with Gasteiger partial charge in [-0.25, -0.2) is 19.5 Å². The standard InChI is InChI=1S/C12H11NO4S2.C6H15NO6/c1-16-10(14)6-7-11(15)17-19-12-13-8-4-2-3-5-9(8)18-12;8-1-4-11-7(12-5-2-9)13-6-3-10/h2-5H,6-7H2,1H3;8-10H,1-6H2. The van der Waals surface area contributed by atoms with E-state index in [1.165, 1.54) is 18.4 Å². The number of aliphatic hydroxyl groups is 3. The molecule has 14 heteroatoms. The summed E-state index contributed by atoms with van der Waals surface area (Å²) < 4.78 is 11.1. The summed E-state index contributed by atoms with van der Waals surface area (Å²) in [5.41, 5.74) is 0.876. The number of rotatable bonds is 14. The number of thiazole rings is 1. The van der Waals surface area contributed by atoms with E-state index in [-0.39, 0.29) is 52.5 Å². The van der Waals surface area contributed by atoms with Gasteiger partial charge in [-0.15, -0.1) is 11.3 Å². The summed E-state index contributed by atoms with van der Waals surface area (Å²) in [5.74, 6) is -0.892. The predicted molar refractivity (Wildman–Crippen MR) is 114 cm³/mol. The Morgan fingerprint density at radius 3 is 2.06 bits per heavy atom. The largest absolute Gasteiger partial charge is 0.469 e. The fourth-order valence-electron chi connectivity index (χ4n) is 1.77. The average molecular weight is 495 g/mol. The van der Waals surface area contributed by atoms with Crippen molar-refractivity contribution in [3.63, 3.8) is 0 Å². The monoisotopic (exact) mass is 494 g/mol. The van der Waals surface area contributed by atoms with E-state index in [0.29, 0.717) is 9.73 Å². The molecule has 0 radical (unpaired) electrons. The Bertz CT molecular complexity index is 740. The third kappa shape index (κ3) is 12.2. The van der Waals surface area contributed by atoms with Crippen molar-refractivity contribution in [2.24, 2.45) is 0 Å². The topological polar surface area (TPSA) is 157 Å². The Hall–Kier alpha value is -1.88. The van der Waals surface area contributed by atoms with Gasteiger partial charge < -0.3 is 24.2 Å². The summed E-state index contributed by atoms with van der Waals surface area (Å²) >= 11 is 2.37. The van der Waals surface area contributed by atoms with Crippen LogP contribution in [-0.2, 0) is 33.0 Å². The quantitative estimate of drug-likeness (QED) is 0.193. The third-order valence-corrected chi connectivity index (χ3v) is 4.89. The number of methoxy groups -OCH3 is 1. The lowest BCUT2D eigenvalue weighted by molar-refractivity contribution is -0.527. The second kappa shape index (κ2) is 17.6. The summed E-state index contributed by atoms with van der Waals surface area (Å²) in [4.78, 5) is 40.7. The second-order valence-electron chi connectivity index (χ2n) is 5.46. The lowest BCUT2D eigenvalue weighted by Crippen LogP contribution is -2.28. The number of carbonyl (C=O) groups is 2. The van der Waals surface area contributed by atoms with Crippen LogP contribution < -0.4 is 0 Å². The van der Waals surface area contributed by atoms with E-state index in [4.69, 9.17) is 34.0 Å². The van der Waals surface area contributed by atoms with E-state index in [0.717, 1.165) is 22.3 Å². The number of aliphatic hydroxyl groups excluding tert-OH is 3. The molecule has 0 aliphatic carbocycles. The fraction of sp³-hybridized carbons (Fsp3) is 0.500. The van der Waals surface area contributed by atoms with Gasteiger partial charge in [0.2, 0.25) is 0 Å². The molecule has 0 saturated carbocycles. The van der Waals surface area contributed by atoms with Gasteiger partial charge in [0.15, 0.2) is 4.34 Å². The number of hydrogen-bond donors (Lipinski definition) is 3. The van der Waals surface area contributed by atoms with Crippen LogP contribution in [0.25, 0.3) is 10.2 Å². The number of carbonyl (C=O) groups excluding carboxylic acids is 2. The number of para-hydroxylation sites is 1. The first kappa shape index (κ1) is 28.2. The van der Waals surface area contributed by atoms with Gasteiger partial charge in [-0.2, -0.15) is 0 Å². The molecule has 2 aromatic rings. The highest BCUT2D eigenvalue weighted by atomic mass is 32.2. The number of nitrogens with zero attached hydrogens (tertiary/aromatic N) is 2. The Kier molecular flexibility index (Phi) is 15.5. The molecular formula is C18H26N2O10S2. The molecule has 0 unspecified atom stereocenters. The predicted octanol–water partition coefficient (Wildman–Crippen LogP) is 0.860. The average Bonchev–Trinajstić information content (AvgIpc) is 3.24. The molecule has 1 heterocycles. The molecule has 0 bridgehead atoms. The molecule has 12 nitrogen and oxygen atoms in total. The van der Waals surface area contributed by atoms with Crippen molar-refractivity contribution in [2.75, 3.05) is 46.8 Å². The van der Waals surface area contributed by atoms with Gasteiger partial charge in [0.05, 0.1) is 75.2 Å². The highest BCUT2D eigenvalue weighted by Gasteiger charge is 2.11. The molecule has 3 N–H and O–H groups in total. The van der Waals surface area contributed by atoms with Crippen LogP contribution >= 0.6 is 23.4 Å². The van der Waals surface area contributed by atoms with Crippen molar-refractivity contribution in [2.45, 2.75) is 17.2 Å². The van der Waals surface area contributed by atoms with E-state index in [1.54, 1.807) is 0 Å². The Labute approximate surface area is 192 Å². The number of hydrogen-bond acceptors (Lipinski definition) is 14. The van der Waals surface area contributed by atoms with Crippen molar-refractivity contribution in [3.05, 3.63) is 24.3 Å². The van der Waals surface area contributed by atoms with Crippen LogP contribution in [0, 0.1) is 0 Å². The molecule has 0 saturated heterocycles. The normalized spacial score (nSPS) is 10.7. The highest BCUT2D eigenvalue weighted by Crippen LogP contribution is 2.30. The summed E-state index contributed by atoms with van der Waals surface area (Å²) in [6, 6.07) is 7.68. The van der Waals surface area contributed by atoms with Crippen LogP contribution in [-0.4, -0.2) is 84.4 Å². The number of ether oxygens (including phenoxy) is 1. The smallest absolute Gasteiger partial charge is 0.318 e. The first-order chi connectivity index (χ1) is 15.5.